The van der Waals surface area contributed by atoms with Crippen LogP contribution in [0.4, 0.5) is 0 Å². The molecular formula is C14H18O3. The molecule has 2 rings (SSSR count). The van der Waals surface area contributed by atoms with Crippen LogP contribution in [0.25, 0.3) is 0 Å². The molecule has 0 bridgehead atoms. The van der Waals surface area contributed by atoms with Gasteiger partial charge in [-0.15, -0.1) is 0 Å². The van der Waals surface area contributed by atoms with Crippen molar-refractivity contribution in [2.75, 3.05) is 7.11 Å². The van der Waals surface area contributed by atoms with Gasteiger partial charge < -0.3 is 9.47 Å². The Balaban J connectivity index is 2.59. The van der Waals surface area contributed by atoms with Gasteiger partial charge >= 0.3 is 5.97 Å². The van der Waals surface area contributed by atoms with Gasteiger partial charge in [0.15, 0.2) is 0 Å². The third-order valence-corrected chi connectivity index (χ3v) is 3.46. The maximum atomic E-state index is 12.0. The van der Waals surface area contributed by atoms with Gasteiger partial charge in [0.2, 0.25) is 0 Å². The molecular weight excluding hydrogens is 216 g/mol. The Morgan fingerprint density at radius 2 is 2.18 bits per heavy atom. The SMILES string of the molecule is CCC1Cc2cc(C)c(C)c(OC)c2C(=O)O1. The molecule has 0 radical (unpaired) electrons. The molecule has 0 saturated carbocycles. The van der Waals surface area contributed by atoms with Gasteiger partial charge in [0.25, 0.3) is 0 Å². The van der Waals surface area contributed by atoms with Crippen molar-refractivity contribution < 1.29 is 14.3 Å². The molecule has 0 N–H and O–H groups in total. The van der Waals surface area contributed by atoms with Gasteiger partial charge in [-0.25, -0.2) is 4.79 Å². The Labute approximate surface area is 102 Å². The fourth-order valence-corrected chi connectivity index (χ4v) is 2.32. The van der Waals surface area contributed by atoms with Gasteiger partial charge in [-0.3, -0.25) is 0 Å². The normalized spacial score (nSPS) is 18.6. The number of methoxy groups -OCH3 is 1. The van der Waals surface area contributed by atoms with Gasteiger partial charge in [-0.05, 0) is 37.0 Å². The Kier molecular flexibility index (Phi) is 3.09. The topological polar surface area (TPSA) is 35.5 Å². The lowest BCUT2D eigenvalue weighted by Gasteiger charge is -2.26. The zero-order valence-electron chi connectivity index (χ0n) is 10.8. The summed E-state index contributed by atoms with van der Waals surface area (Å²) in [5, 5.41) is 0. The summed E-state index contributed by atoms with van der Waals surface area (Å²) in [6.07, 6.45) is 1.64. The maximum absolute atomic E-state index is 12.0. The van der Waals surface area contributed by atoms with E-state index in [2.05, 4.69) is 6.07 Å². The molecule has 0 aliphatic carbocycles. The van der Waals surface area contributed by atoms with Gasteiger partial charge in [-0.2, -0.15) is 0 Å². The Bertz CT molecular complexity index is 463. The van der Waals surface area contributed by atoms with Crippen molar-refractivity contribution in [2.24, 2.45) is 0 Å². The molecule has 1 aliphatic heterocycles. The number of aryl methyl sites for hydroxylation is 1. The number of carbonyl (C=O) groups excluding carboxylic acids is 1. The monoisotopic (exact) mass is 234 g/mol. The van der Waals surface area contributed by atoms with Gasteiger partial charge in [-0.1, -0.05) is 13.0 Å². The van der Waals surface area contributed by atoms with Crippen LogP contribution in [0.2, 0.25) is 0 Å². The molecule has 1 aromatic carbocycles. The average molecular weight is 234 g/mol. The minimum Gasteiger partial charge on any atom is -0.496 e. The Hall–Kier alpha value is -1.51. The van der Waals surface area contributed by atoms with Crippen molar-refractivity contribution in [3.8, 4) is 5.75 Å². The third-order valence-electron chi connectivity index (χ3n) is 3.46. The highest BCUT2D eigenvalue weighted by molar-refractivity contribution is 5.96. The number of hydrogen-bond donors (Lipinski definition) is 0. The summed E-state index contributed by atoms with van der Waals surface area (Å²) in [5.74, 6) is 0.414. The number of cyclic esters (lactones) is 1. The highest BCUT2D eigenvalue weighted by atomic mass is 16.5. The van der Waals surface area contributed by atoms with E-state index in [1.165, 1.54) is 0 Å². The number of ether oxygens (including phenoxy) is 2. The van der Waals surface area contributed by atoms with Crippen LogP contribution in [0.15, 0.2) is 6.07 Å². The second-order valence-electron chi connectivity index (χ2n) is 4.53. The first-order valence-corrected chi connectivity index (χ1v) is 5.96. The van der Waals surface area contributed by atoms with Crippen molar-refractivity contribution >= 4 is 5.97 Å². The first kappa shape index (κ1) is 12.0. The summed E-state index contributed by atoms with van der Waals surface area (Å²) in [4.78, 5) is 12.0. The predicted octanol–water partition coefficient (Wildman–Crippen LogP) is 2.80. The van der Waals surface area contributed by atoms with E-state index >= 15 is 0 Å². The lowest BCUT2D eigenvalue weighted by Crippen LogP contribution is -2.28. The smallest absolute Gasteiger partial charge is 0.342 e. The van der Waals surface area contributed by atoms with Crippen LogP contribution in [0.3, 0.4) is 0 Å². The molecule has 1 aliphatic rings. The minimum absolute atomic E-state index is 0.00168. The number of fused-ring (bicyclic) bond motifs is 1. The molecule has 3 heteroatoms. The summed E-state index contributed by atoms with van der Waals surface area (Å²) >= 11 is 0. The molecule has 1 aromatic rings. The fraction of sp³-hybridized carbons (Fsp3) is 0.500. The quantitative estimate of drug-likeness (QED) is 0.738. The standard InChI is InChI=1S/C14H18O3/c1-5-11-7-10-6-8(2)9(3)13(16-4)12(10)14(15)17-11/h6,11H,5,7H2,1-4H3. The van der Waals surface area contributed by atoms with Crippen LogP contribution in [-0.4, -0.2) is 19.2 Å². The molecule has 0 saturated heterocycles. The number of hydrogen-bond acceptors (Lipinski definition) is 3. The van der Waals surface area contributed by atoms with Crippen molar-refractivity contribution in [1.29, 1.82) is 0 Å². The maximum Gasteiger partial charge on any atom is 0.342 e. The van der Waals surface area contributed by atoms with Crippen molar-refractivity contribution in [3.63, 3.8) is 0 Å². The summed E-state index contributed by atoms with van der Waals surface area (Å²) in [6.45, 7) is 6.04. The molecule has 17 heavy (non-hydrogen) atoms. The molecule has 1 unspecified atom stereocenters. The average Bonchev–Trinajstić information content (AvgIpc) is 2.31. The highest BCUT2D eigenvalue weighted by Crippen LogP contribution is 2.34. The molecule has 92 valence electrons. The molecule has 0 aromatic heterocycles. The van der Waals surface area contributed by atoms with Crippen molar-refractivity contribution in [2.45, 2.75) is 39.7 Å². The van der Waals surface area contributed by atoms with E-state index in [9.17, 15) is 4.79 Å². The molecule has 0 spiro atoms. The zero-order chi connectivity index (χ0) is 12.6. The summed E-state index contributed by atoms with van der Waals surface area (Å²) < 4.78 is 10.7. The molecule has 1 atom stereocenters. The molecule has 1 heterocycles. The number of benzene rings is 1. The van der Waals surface area contributed by atoms with Crippen LogP contribution in [0.1, 0.15) is 40.4 Å². The lowest BCUT2D eigenvalue weighted by atomic mass is 9.92. The minimum atomic E-state index is -0.252. The van der Waals surface area contributed by atoms with E-state index in [0.29, 0.717) is 11.3 Å². The molecule has 3 nitrogen and oxygen atoms in total. The molecule has 0 amide bonds. The number of carbonyl (C=O) groups is 1. The first-order chi connectivity index (χ1) is 8.08. The van der Waals surface area contributed by atoms with E-state index < -0.39 is 0 Å². The zero-order valence-corrected chi connectivity index (χ0v) is 10.8. The van der Waals surface area contributed by atoms with Gasteiger partial charge in [0.1, 0.15) is 17.4 Å². The summed E-state index contributed by atoms with van der Waals surface area (Å²) in [6, 6.07) is 2.08. The van der Waals surface area contributed by atoms with Crippen LogP contribution in [0, 0.1) is 13.8 Å². The summed E-state index contributed by atoms with van der Waals surface area (Å²) in [5.41, 5.74) is 3.83. The second kappa shape index (κ2) is 4.40. The van der Waals surface area contributed by atoms with Crippen LogP contribution in [0.5, 0.6) is 5.75 Å². The van der Waals surface area contributed by atoms with Gasteiger partial charge in [0.05, 0.1) is 7.11 Å². The van der Waals surface area contributed by atoms with E-state index in [0.717, 1.165) is 29.5 Å². The van der Waals surface area contributed by atoms with Crippen molar-refractivity contribution in [1.82, 2.24) is 0 Å². The van der Waals surface area contributed by atoms with E-state index in [-0.39, 0.29) is 12.1 Å². The Morgan fingerprint density at radius 3 is 2.76 bits per heavy atom. The van der Waals surface area contributed by atoms with E-state index in [4.69, 9.17) is 9.47 Å². The lowest BCUT2D eigenvalue weighted by molar-refractivity contribution is 0.0244. The molecule has 0 fully saturated rings. The Morgan fingerprint density at radius 1 is 1.47 bits per heavy atom. The van der Waals surface area contributed by atoms with Crippen LogP contribution in [-0.2, 0) is 11.2 Å². The number of esters is 1. The fourth-order valence-electron chi connectivity index (χ4n) is 2.32. The van der Waals surface area contributed by atoms with E-state index in [1.54, 1.807) is 7.11 Å². The van der Waals surface area contributed by atoms with Crippen LogP contribution >= 0.6 is 0 Å². The second-order valence-corrected chi connectivity index (χ2v) is 4.53. The number of rotatable bonds is 2. The van der Waals surface area contributed by atoms with Crippen LogP contribution < -0.4 is 4.74 Å². The largest absolute Gasteiger partial charge is 0.496 e. The third kappa shape index (κ3) is 1.90. The summed E-state index contributed by atoms with van der Waals surface area (Å²) in [7, 11) is 1.60. The predicted molar refractivity (Wildman–Crippen MR) is 65.7 cm³/mol. The first-order valence-electron chi connectivity index (χ1n) is 5.96. The van der Waals surface area contributed by atoms with Crippen molar-refractivity contribution in [3.05, 3.63) is 28.3 Å². The van der Waals surface area contributed by atoms with E-state index in [1.807, 2.05) is 20.8 Å². The van der Waals surface area contributed by atoms with Gasteiger partial charge in [0, 0.05) is 6.42 Å². The highest BCUT2D eigenvalue weighted by Gasteiger charge is 2.30.